The van der Waals surface area contributed by atoms with Crippen molar-refractivity contribution in [3.8, 4) is 5.69 Å². The molecule has 0 radical (unpaired) electrons. The predicted octanol–water partition coefficient (Wildman–Crippen LogP) is 1.10. The molecule has 0 spiro atoms. The molecule has 1 fully saturated rings. The van der Waals surface area contributed by atoms with E-state index in [1.165, 1.54) is 34.1 Å². The Hall–Kier alpha value is -2.94. The van der Waals surface area contributed by atoms with Crippen LogP contribution in [-0.2, 0) is 4.74 Å². The molecule has 0 unspecified atom stereocenters. The predicted molar refractivity (Wildman–Crippen MR) is 79.6 cm³/mol. The van der Waals surface area contributed by atoms with E-state index in [-0.39, 0.29) is 24.9 Å². The minimum atomic E-state index is -0.545. The number of imidazole rings is 1. The highest BCUT2D eigenvalue weighted by Gasteiger charge is 2.31. The molecule has 3 rings (SSSR count). The summed E-state index contributed by atoms with van der Waals surface area (Å²) < 4.78 is 20.8. The quantitative estimate of drug-likeness (QED) is 0.499. The highest BCUT2D eigenvalue weighted by molar-refractivity contribution is 5.89. The summed E-state index contributed by atoms with van der Waals surface area (Å²) in [6.07, 6.45) is 3.10. The Labute approximate surface area is 130 Å². The fraction of sp³-hybridized carbons (Fsp3) is 0.214. The van der Waals surface area contributed by atoms with Gasteiger partial charge < -0.3 is 20.2 Å². The summed E-state index contributed by atoms with van der Waals surface area (Å²) >= 11 is 0. The normalized spacial score (nSPS) is 17.9. The van der Waals surface area contributed by atoms with E-state index >= 15 is 0 Å². The Balaban J connectivity index is 1.87. The van der Waals surface area contributed by atoms with E-state index in [1.54, 1.807) is 6.07 Å². The highest BCUT2D eigenvalue weighted by Crippen LogP contribution is 2.25. The largest absolute Gasteiger partial charge is 0.443 e. The highest BCUT2D eigenvalue weighted by atomic mass is 19.1. The topological polar surface area (TPSA) is 106 Å². The van der Waals surface area contributed by atoms with E-state index in [9.17, 15) is 9.18 Å². The van der Waals surface area contributed by atoms with E-state index in [4.69, 9.17) is 15.7 Å². The number of cyclic esters (lactones) is 1. The van der Waals surface area contributed by atoms with Crippen LogP contribution in [0.25, 0.3) is 5.69 Å². The molecule has 0 saturated carbocycles. The van der Waals surface area contributed by atoms with Gasteiger partial charge in [0.05, 0.1) is 24.1 Å². The van der Waals surface area contributed by atoms with E-state index in [1.807, 2.05) is 0 Å². The van der Waals surface area contributed by atoms with Crippen LogP contribution in [0.1, 0.15) is 5.69 Å². The number of halogens is 1. The summed E-state index contributed by atoms with van der Waals surface area (Å²) in [5, 5.41) is 11.3. The summed E-state index contributed by atoms with van der Waals surface area (Å²) in [5.74, 6) is -0.531. The van der Waals surface area contributed by atoms with Gasteiger partial charge in [0.25, 0.3) is 0 Å². The van der Waals surface area contributed by atoms with Crippen molar-refractivity contribution in [2.75, 3.05) is 18.0 Å². The third kappa shape index (κ3) is 2.86. The number of amides is 1. The molecule has 1 aromatic carbocycles. The summed E-state index contributed by atoms with van der Waals surface area (Å²) in [5.41, 5.74) is 6.50. The van der Waals surface area contributed by atoms with Crippen LogP contribution in [0.15, 0.2) is 35.9 Å². The number of aromatic nitrogens is 2. The molecule has 8 nitrogen and oxygen atoms in total. The van der Waals surface area contributed by atoms with Crippen molar-refractivity contribution in [1.82, 2.24) is 9.55 Å². The number of anilines is 1. The first-order valence-corrected chi connectivity index (χ1v) is 6.82. The number of nitrogens with zero attached hydrogens (tertiary/aromatic N) is 4. The summed E-state index contributed by atoms with van der Waals surface area (Å²) in [6.45, 7) is 0.503. The third-order valence-electron chi connectivity index (χ3n) is 3.45. The van der Waals surface area contributed by atoms with Gasteiger partial charge in [-0.25, -0.2) is 14.2 Å². The molecule has 1 amide bonds. The van der Waals surface area contributed by atoms with Crippen molar-refractivity contribution in [1.29, 1.82) is 0 Å². The van der Waals surface area contributed by atoms with Crippen molar-refractivity contribution in [2.24, 2.45) is 10.9 Å². The number of nitrogens with two attached hydrogens (primary N) is 1. The van der Waals surface area contributed by atoms with Crippen molar-refractivity contribution in [3.05, 3.63) is 42.2 Å². The lowest BCUT2D eigenvalue weighted by molar-refractivity contribution is 0.145. The fourth-order valence-corrected chi connectivity index (χ4v) is 2.32. The van der Waals surface area contributed by atoms with Gasteiger partial charge in [-0.1, -0.05) is 5.16 Å². The first kappa shape index (κ1) is 15.0. The van der Waals surface area contributed by atoms with Gasteiger partial charge in [0.15, 0.2) is 0 Å². The third-order valence-corrected chi connectivity index (χ3v) is 3.45. The summed E-state index contributed by atoms with van der Waals surface area (Å²) in [4.78, 5) is 17.0. The number of hydrogen-bond donors (Lipinski definition) is 2. The zero-order valence-corrected chi connectivity index (χ0v) is 12.0. The maximum absolute atomic E-state index is 14.4. The second-order valence-corrected chi connectivity index (χ2v) is 4.94. The second kappa shape index (κ2) is 6.05. The Bertz CT molecular complexity index is 761. The maximum Gasteiger partial charge on any atom is 0.414 e. The lowest BCUT2D eigenvalue weighted by atomic mass is 10.2. The summed E-state index contributed by atoms with van der Waals surface area (Å²) in [7, 11) is 0. The number of carbonyl (C=O) groups is 1. The van der Waals surface area contributed by atoms with E-state index < -0.39 is 11.9 Å². The number of oxime groups is 1. The molecule has 0 bridgehead atoms. The van der Waals surface area contributed by atoms with Crippen molar-refractivity contribution < 1.29 is 19.1 Å². The second-order valence-electron chi connectivity index (χ2n) is 4.94. The molecule has 3 N–H and O–H groups in total. The number of carbonyl (C=O) groups excluding carboxylic acids is 1. The Morgan fingerprint density at radius 2 is 2.39 bits per heavy atom. The van der Waals surface area contributed by atoms with Crippen LogP contribution in [0.5, 0.6) is 0 Å². The molecule has 1 atom stereocenters. The van der Waals surface area contributed by atoms with E-state index in [2.05, 4.69) is 10.1 Å². The van der Waals surface area contributed by atoms with E-state index in [0.29, 0.717) is 11.4 Å². The van der Waals surface area contributed by atoms with Crippen molar-refractivity contribution >= 4 is 18.0 Å². The monoisotopic (exact) mass is 319 g/mol. The molecule has 1 saturated heterocycles. The van der Waals surface area contributed by atoms with Crippen molar-refractivity contribution in [2.45, 2.75) is 6.10 Å². The molecule has 2 heterocycles. The van der Waals surface area contributed by atoms with Gasteiger partial charge in [-0.15, -0.1) is 0 Å². The van der Waals surface area contributed by atoms with Crippen LogP contribution in [0, 0.1) is 5.82 Å². The lowest BCUT2D eigenvalue weighted by Gasteiger charge is -2.14. The number of benzene rings is 1. The molecule has 2 aromatic rings. The van der Waals surface area contributed by atoms with Crippen molar-refractivity contribution in [3.63, 3.8) is 0 Å². The van der Waals surface area contributed by atoms with Gasteiger partial charge in [-0.3, -0.25) is 4.90 Å². The molecule has 120 valence electrons. The molecular formula is C14H14FN5O3. The zero-order valence-electron chi connectivity index (χ0n) is 12.0. The SMILES string of the molecule is NC[C@H]1CN(c2ccc(-n3cnc(C=NO)c3)c(F)c2)C(=O)O1. The molecule has 9 heteroatoms. The Morgan fingerprint density at radius 3 is 3.04 bits per heavy atom. The fourth-order valence-electron chi connectivity index (χ4n) is 2.32. The first-order chi connectivity index (χ1) is 11.1. The minimum absolute atomic E-state index is 0.215. The van der Waals surface area contributed by atoms with Gasteiger partial charge in [0.1, 0.15) is 23.9 Å². The number of rotatable bonds is 4. The van der Waals surface area contributed by atoms with Crippen LogP contribution in [0.2, 0.25) is 0 Å². The lowest BCUT2D eigenvalue weighted by Crippen LogP contribution is -2.27. The Kier molecular flexibility index (Phi) is 3.94. The van der Waals surface area contributed by atoms with Crippen LogP contribution in [0.4, 0.5) is 14.9 Å². The maximum atomic E-state index is 14.4. The standard InChI is InChI=1S/C14H14FN5O3/c15-12-3-10(20-7-11(4-16)23-14(20)21)1-2-13(12)19-6-9(5-18-22)17-8-19/h1-3,5-6,8,11,22H,4,7,16H2/t11-/m0/s1. The smallest absolute Gasteiger partial charge is 0.414 e. The van der Waals surface area contributed by atoms with Crippen LogP contribution >= 0.6 is 0 Å². The number of hydrogen-bond acceptors (Lipinski definition) is 6. The van der Waals surface area contributed by atoms with Gasteiger partial charge >= 0.3 is 6.09 Å². The molecule has 1 aliphatic heterocycles. The first-order valence-electron chi connectivity index (χ1n) is 6.82. The average molecular weight is 319 g/mol. The molecule has 23 heavy (non-hydrogen) atoms. The summed E-state index contributed by atoms with van der Waals surface area (Å²) in [6, 6.07) is 4.38. The molecule has 1 aliphatic rings. The number of ether oxygens (including phenoxy) is 1. The van der Waals surface area contributed by atoms with Crippen LogP contribution in [-0.4, -0.2) is 46.3 Å². The molecular weight excluding hydrogens is 305 g/mol. The van der Waals surface area contributed by atoms with Gasteiger partial charge in [0, 0.05) is 12.7 Å². The van der Waals surface area contributed by atoms with Gasteiger partial charge in [0.2, 0.25) is 0 Å². The minimum Gasteiger partial charge on any atom is -0.443 e. The van der Waals surface area contributed by atoms with Gasteiger partial charge in [-0.2, -0.15) is 0 Å². The molecule has 1 aromatic heterocycles. The van der Waals surface area contributed by atoms with Crippen LogP contribution < -0.4 is 10.6 Å². The Morgan fingerprint density at radius 1 is 1.57 bits per heavy atom. The van der Waals surface area contributed by atoms with Crippen LogP contribution in [0.3, 0.4) is 0 Å². The van der Waals surface area contributed by atoms with E-state index in [0.717, 1.165) is 6.21 Å². The zero-order chi connectivity index (χ0) is 16.4. The molecule has 0 aliphatic carbocycles. The van der Waals surface area contributed by atoms with Gasteiger partial charge in [-0.05, 0) is 18.2 Å². The average Bonchev–Trinajstić information content (AvgIpc) is 3.14.